The van der Waals surface area contributed by atoms with Crippen molar-refractivity contribution in [2.24, 2.45) is 11.8 Å². The van der Waals surface area contributed by atoms with Crippen LogP contribution >= 0.6 is 15.9 Å². The molecular weight excluding hydrogens is 322 g/mol. The molecule has 2 aromatic rings. The Balaban J connectivity index is 1.94. The molecule has 0 radical (unpaired) electrons. The standard InChI is InChI=1S/C13H14BrN5O/c1-6-3-7(6)13(20)17-10-4-8-9(14)5-16-12(15-2)11(8)19-18-10/h4-7H,3H2,1-2H3,(H,15,16)(H,17,18,20)/t6-,7+/m1/s1. The fraction of sp³-hybridized carbons (Fsp3) is 0.385. The van der Waals surface area contributed by atoms with Gasteiger partial charge in [-0.3, -0.25) is 4.79 Å². The molecule has 1 fully saturated rings. The van der Waals surface area contributed by atoms with Crippen LogP contribution in [0.15, 0.2) is 16.7 Å². The molecule has 2 aromatic heterocycles. The van der Waals surface area contributed by atoms with Gasteiger partial charge >= 0.3 is 0 Å². The summed E-state index contributed by atoms with van der Waals surface area (Å²) in [7, 11) is 1.78. The topological polar surface area (TPSA) is 79.8 Å². The molecular formula is C13H14BrN5O. The summed E-state index contributed by atoms with van der Waals surface area (Å²) in [4.78, 5) is 16.1. The minimum Gasteiger partial charge on any atom is -0.371 e. The van der Waals surface area contributed by atoms with E-state index in [0.717, 1.165) is 16.3 Å². The molecule has 0 aliphatic heterocycles. The zero-order valence-corrected chi connectivity index (χ0v) is 12.7. The summed E-state index contributed by atoms with van der Waals surface area (Å²) >= 11 is 3.44. The quantitative estimate of drug-likeness (QED) is 0.900. The molecule has 0 spiro atoms. The number of carbonyl (C=O) groups is 1. The van der Waals surface area contributed by atoms with Crippen LogP contribution in [-0.4, -0.2) is 28.1 Å². The van der Waals surface area contributed by atoms with Gasteiger partial charge in [-0.05, 0) is 34.3 Å². The lowest BCUT2D eigenvalue weighted by atomic mass is 10.2. The number of nitrogens with zero attached hydrogens (tertiary/aromatic N) is 3. The molecule has 0 bridgehead atoms. The molecule has 2 atom stereocenters. The Hall–Kier alpha value is -1.76. The van der Waals surface area contributed by atoms with Crippen molar-refractivity contribution in [2.45, 2.75) is 13.3 Å². The van der Waals surface area contributed by atoms with Crippen molar-refractivity contribution < 1.29 is 4.79 Å². The minimum atomic E-state index is 0.0187. The number of amides is 1. The molecule has 0 unspecified atom stereocenters. The molecule has 104 valence electrons. The van der Waals surface area contributed by atoms with Crippen molar-refractivity contribution in [2.75, 3.05) is 17.7 Å². The zero-order chi connectivity index (χ0) is 14.3. The monoisotopic (exact) mass is 335 g/mol. The van der Waals surface area contributed by atoms with Gasteiger partial charge in [0.1, 0.15) is 5.52 Å². The van der Waals surface area contributed by atoms with Crippen LogP contribution in [0.5, 0.6) is 0 Å². The third-order valence-corrected chi connectivity index (χ3v) is 4.15. The Bertz CT molecular complexity index is 690. The van der Waals surface area contributed by atoms with Crippen LogP contribution in [0.4, 0.5) is 11.6 Å². The number of halogens is 1. The van der Waals surface area contributed by atoms with Crippen LogP contribution in [0, 0.1) is 11.8 Å². The van der Waals surface area contributed by atoms with Gasteiger partial charge in [0, 0.05) is 29.0 Å². The highest BCUT2D eigenvalue weighted by Crippen LogP contribution is 2.38. The van der Waals surface area contributed by atoms with Gasteiger partial charge in [0.05, 0.1) is 0 Å². The van der Waals surface area contributed by atoms with E-state index in [9.17, 15) is 4.79 Å². The molecule has 1 amide bonds. The number of nitrogens with one attached hydrogen (secondary N) is 2. The van der Waals surface area contributed by atoms with Crippen molar-refractivity contribution in [3.05, 3.63) is 16.7 Å². The van der Waals surface area contributed by atoms with E-state index in [4.69, 9.17) is 0 Å². The Kier molecular flexibility index (Phi) is 3.29. The van der Waals surface area contributed by atoms with Crippen molar-refractivity contribution in [1.29, 1.82) is 0 Å². The first-order chi connectivity index (χ1) is 9.60. The maximum absolute atomic E-state index is 11.9. The van der Waals surface area contributed by atoms with Crippen LogP contribution in [0.25, 0.3) is 10.9 Å². The van der Waals surface area contributed by atoms with Gasteiger partial charge in [-0.25, -0.2) is 4.98 Å². The van der Waals surface area contributed by atoms with Gasteiger partial charge in [0.25, 0.3) is 0 Å². The number of hydrogen-bond donors (Lipinski definition) is 2. The number of fused-ring (bicyclic) bond motifs is 1. The van der Waals surface area contributed by atoms with Crippen molar-refractivity contribution in [3.8, 4) is 0 Å². The largest absolute Gasteiger partial charge is 0.371 e. The third kappa shape index (κ3) is 2.33. The summed E-state index contributed by atoms with van der Waals surface area (Å²) in [5.41, 5.74) is 0.666. The highest BCUT2D eigenvalue weighted by Gasteiger charge is 2.39. The van der Waals surface area contributed by atoms with E-state index >= 15 is 0 Å². The molecule has 20 heavy (non-hydrogen) atoms. The molecule has 0 aromatic carbocycles. The van der Waals surface area contributed by atoms with Crippen molar-refractivity contribution in [1.82, 2.24) is 15.2 Å². The van der Waals surface area contributed by atoms with E-state index in [1.54, 1.807) is 19.3 Å². The Morgan fingerprint density at radius 1 is 1.45 bits per heavy atom. The van der Waals surface area contributed by atoms with Gasteiger partial charge in [-0.2, -0.15) is 0 Å². The Labute approximate surface area is 124 Å². The molecule has 1 saturated carbocycles. The van der Waals surface area contributed by atoms with Crippen molar-refractivity contribution in [3.63, 3.8) is 0 Å². The van der Waals surface area contributed by atoms with E-state index < -0.39 is 0 Å². The predicted molar refractivity (Wildman–Crippen MR) is 80.5 cm³/mol. The van der Waals surface area contributed by atoms with Crippen molar-refractivity contribution >= 4 is 44.4 Å². The lowest BCUT2D eigenvalue weighted by Gasteiger charge is -2.07. The molecule has 2 N–H and O–H groups in total. The first-order valence-corrected chi connectivity index (χ1v) is 7.20. The molecule has 1 aliphatic carbocycles. The lowest BCUT2D eigenvalue weighted by molar-refractivity contribution is -0.117. The lowest BCUT2D eigenvalue weighted by Crippen LogP contribution is -2.15. The molecule has 3 rings (SSSR count). The van der Waals surface area contributed by atoms with Crippen LogP contribution in [-0.2, 0) is 4.79 Å². The predicted octanol–water partition coefficient (Wildman–Crippen LogP) is 2.42. The van der Waals surface area contributed by atoms with Crippen LogP contribution in [0.1, 0.15) is 13.3 Å². The maximum Gasteiger partial charge on any atom is 0.228 e. The first-order valence-electron chi connectivity index (χ1n) is 6.40. The smallest absolute Gasteiger partial charge is 0.228 e. The summed E-state index contributed by atoms with van der Waals surface area (Å²) in [6, 6.07) is 1.81. The normalized spacial score (nSPS) is 20.8. The second-order valence-electron chi connectivity index (χ2n) is 5.01. The SMILES string of the molecule is CNc1ncc(Br)c2cc(NC(=O)[C@H]3C[C@H]3C)nnc12. The van der Waals surface area contributed by atoms with Crippen LogP contribution < -0.4 is 10.6 Å². The zero-order valence-electron chi connectivity index (χ0n) is 11.1. The maximum atomic E-state index is 11.9. The van der Waals surface area contributed by atoms with Crippen LogP contribution in [0.2, 0.25) is 0 Å². The number of anilines is 2. The number of pyridine rings is 1. The minimum absolute atomic E-state index is 0.0187. The van der Waals surface area contributed by atoms with E-state index in [1.807, 2.05) is 0 Å². The summed E-state index contributed by atoms with van der Waals surface area (Å²) in [6.45, 7) is 2.07. The highest BCUT2D eigenvalue weighted by molar-refractivity contribution is 9.10. The van der Waals surface area contributed by atoms with E-state index in [0.29, 0.717) is 23.1 Å². The average Bonchev–Trinajstić information content (AvgIpc) is 3.17. The fourth-order valence-electron chi connectivity index (χ4n) is 2.15. The molecule has 6 nitrogen and oxygen atoms in total. The summed E-state index contributed by atoms with van der Waals surface area (Å²) < 4.78 is 0.816. The Morgan fingerprint density at radius 3 is 2.85 bits per heavy atom. The third-order valence-electron chi connectivity index (χ3n) is 3.52. The summed E-state index contributed by atoms with van der Waals surface area (Å²) in [5.74, 6) is 1.72. The number of carbonyl (C=O) groups excluding carboxylic acids is 1. The van der Waals surface area contributed by atoms with Crippen LogP contribution in [0.3, 0.4) is 0 Å². The summed E-state index contributed by atoms with van der Waals surface area (Å²) in [5, 5.41) is 14.8. The number of hydrogen-bond acceptors (Lipinski definition) is 5. The summed E-state index contributed by atoms with van der Waals surface area (Å²) in [6.07, 6.45) is 2.65. The second kappa shape index (κ2) is 4.97. The number of rotatable bonds is 3. The first kappa shape index (κ1) is 13.2. The molecule has 2 heterocycles. The highest BCUT2D eigenvalue weighted by atomic mass is 79.9. The average molecular weight is 336 g/mol. The Morgan fingerprint density at radius 2 is 2.20 bits per heavy atom. The molecule has 0 saturated heterocycles. The van der Waals surface area contributed by atoms with Gasteiger partial charge in [-0.15, -0.1) is 10.2 Å². The molecule has 7 heteroatoms. The van der Waals surface area contributed by atoms with E-state index in [2.05, 4.69) is 48.7 Å². The molecule has 1 aliphatic rings. The second-order valence-corrected chi connectivity index (χ2v) is 5.86. The fourth-order valence-corrected chi connectivity index (χ4v) is 2.56. The van der Waals surface area contributed by atoms with Gasteiger partial charge in [0.2, 0.25) is 5.91 Å². The van der Waals surface area contributed by atoms with Gasteiger partial charge < -0.3 is 10.6 Å². The van der Waals surface area contributed by atoms with E-state index in [-0.39, 0.29) is 11.8 Å². The van der Waals surface area contributed by atoms with E-state index in [1.165, 1.54) is 0 Å². The number of aromatic nitrogens is 3. The van der Waals surface area contributed by atoms with Gasteiger partial charge in [0.15, 0.2) is 11.6 Å². The van der Waals surface area contributed by atoms with Gasteiger partial charge in [-0.1, -0.05) is 6.92 Å².